The highest BCUT2D eigenvalue weighted by atomic mass is 16.2. The van der Waals surface area contributed by atoms with Crippen molar-refractivity contribution >= 4 is 17.7 Å². The fourth-order valence-electron chi connectivity index (χ4n) is 3.70. The van der Waals surface area contributed by atoms with E-state index in [9.17, 15) is 14.4 Å². The maximum Gasteiger partial charge on any atom is 0.233 e. The van der Waals surface area contributed by atoms with Gasteiger partial charge in [-0.1, -0.05) is 12.8 Å². The van der Waals surface area contributed by atoms with Crippen molar-refractivity contribution in [1.82, 2.24) is 10.2 Å². The van der Waals surface area contributed by atoms with Crippen LogP contribution >= 0.6 is 0 Å². The zero-order valence-corrected chi connectivity index (χ0v) is 12.6. The third-order valence-corrected chi connectivity index (χ3v) is 5.21. The molecule has 3 atom stereocenters. The summed E-state index contributed by atoms with van der Waals surface area (Å²) in [6.45, 7) is 2.27. The van der Waals surface area contributed by atoms with Crippen LogP contribution in [0.1, 0.15) is 51.9 Å². The Morgan fingerprint density at radius 1 is 1.14 bits per heavy atom. The van der Waals surface area contributed by atoms with E-state index in [2.05, 4.69) is 5.32 Å². The molecule has 116 valence electrons. The van der Waals surface area contributed by atoms with Gasteiger partial charge in [-0.15, -0.1) is 0 Å². The number of rotatable bonds is 5. The van der Waals surface area contributed by atoms with Crippen LogP contribution in [-0.4, -0.2) is 35.2 Å². The van der Waals surface area contributed by atoms with Gasteiger partial charge >= 0.3 is 0 Å². The molecule has 2 saturated carbocycles. The SMILES string of the molecule is C[C@H](NC(=O)CCN1C(=O)[C@@H]2CCCC[C@H]2C1=O)C1CC1. The smallest absolute Gasteiger partial charge is 0.233 e. The largest absolute Gasteiger partial charge is 0.353 e. The Labute approximate surface area is 125 Å². The topological polar surface area (TPSA) is 66.5 Å². The average Bonchev–Trinajstić information content (AvgIpc) is 3.28. The quantitative estimate of drug-likeness (QED) is 0.780. The molecule has 3 amide bonds. The van der Waals surface area contributed by atoms with Crippen molar-refractivity contribution < 1.29 is 14.4 Å². The number of likely N-dealkylation sites (tertiary alicyclic amines) is 1. The summed E-state index contributed by atoms with van der Waals surface area (Å²) in [5, 5.41) is 2.97. The third-order valence-electron chi connectivity index (χ3n) is 5.21. The highest BCUT2D eigenvalue weighted by molar-refractivity contribution is 6.05. The van der Waals surface area contributed by atoms with E-state index in [1.165, 1.54) is 17.7 Å². The predicted octanol–water partition coefficient (Wildman–Crippen LogP) is 1.47. The molecule has 3 rings (SSSR count). The van der Waals surface area contributed by atoms with Gasteiger partial charge in [-0.25, -0.2) is 0 Å². The van der Waals surface area contributed by atoms with Crippen LogP contribution in [-0.2, 0) is 14.4 Å². The summed E-state index contributed by atoms with van der Waals surface area (Å²) in [7, 11) is 0. The van der Waals surface area contributed by atoms with Gasteiger partial charge in [-0.3, -0.25) is 19.3 Å². The fourth-order valence-corrected chi connectivity index (χ4v) is 3.70. The van der Waals surface area contributed by atoms with Crippen LogP contribution in [0.15, 0.2) is 0 Å². The molecule has 5 heteroatoms. The first-order chi connectivity index (χ1) is 10.1. The van der Waals surface area contributed by atoms with Crippen molar-refractivity contribution in [3.05, 3.63) is 0 Å². The second-order valence-corrected chi connectivity index (χ2v) is 6.77. The molecule has 2 aliphatic carbocycles. The molecule has 0 unspecified atom stereocenters. The van der Waals surface area contributed by atoms with Gasteiger partial charge in [0.25, 0.3) is 0 Å². The molecule has 3 aliphatic rings. The lowest BCUT2D eigenvalue weighted by atomic mass is 9.81. The summed E-state index contributed by atoms with van der Waals surface area (Å²) in [5.41, 5.74) is 0. The number of nitrogens with zero attached hydrogens (tertiary/aromatic N) is 1. The van der Waals surface area contributed by atoms with Gasteiger partial charge in [0.15, 0.2) is 0 Å². The Balaban J connectivity index is 1.51. The van der Waals surface area contributed by atoms with E-state index in [0.29, 0.717) is 5.92 Å². The minimum atomic E-state index is -0.111. The van der Waals surface area contributed by atoms with Crippen molar-refractivity contribution in [3.8, 4) is 0 Å². The zero-order chi connectivity index (χ0) is 15.0. The highest BCUT2D eigenvalue weighted by Crippen LogP contribution is 2.38. The number of fused-ring (bicyclic) bond motifs is 1. The van der Waals surface area contributed by atoms with E-state index in [1.54, 1.807) is 0 Å². The first kappa shape index (κ1) is 14.5. The Morgan fingerprint density at radius 2 is 1.71 bits per heavy atom. The van der Waals surface area contributed by atoms with Crippen LogP contribution in [0.5, 0.6) is 0 Å². The molecular formula is C16H24N2O3. The van der Waals surface area contributed by atoms with E-state index in [4.69, 9.17) is 0 Å². The fraction of sp³-hybridized carbons (Fsp3) is 0.812. The van der Waals surface area contributed by atoms with E-state index in [0.717, 1.165) is 25.7 Å². The summed E-state index contributed by atoms with van der Waals surface area (Å²) >= 11 is 0. The number of hydrogen-bond donors (Lipinski definition) is 1. The second kappa shape index (κ2) is 5.78. The summed E-state index contributed by atoms with van der Waals surface area (Å²) in [6.07, 6.45) is 6.34. The Bertz CT molecular complexity index is 434. The van der Waals surface area contributed by atoms with Crippen molar-refractivity contribution in [2.75, 3.05) is 6.54 Å². The van der Waals surface area contributed by atoms with Gasteiger partial charge in [0.2, 0.25) is 17.7 Å². The van der Waals surface area contributed by atoms with Gasteiger partial charge in [-0.2, -0.15) is 0 Å². The molecule has 5 nitrogen and oxygen atoms in total. The molecule has 1 N–H and O–H groups in total. The van der Waals surface area contributed by atoms with Crippen LogP contribution in [0.3, 0.4) is 0 Å². The summed E-state index contributed by atoms with van der Waals surface area (Å²) < 4.78 is 0. The van der Waals surface area contributed by atoms with Gasteiger partial charge < -0.3 is 5.32 Å². The molecule has 0 aromatic carbocycles. The molecular weight excluding hydrogens is 268 g/mol. The van der Waals surface area contributed by atoms with Gasteiger partial charge in [-0.05, 0) is 38.5 Å². The second-order valence-electron chi connectivity index (χ2n) is 6.77. The predicted molar refractivity (Wildman–Crippen MR) is 77.1 cm³/mol. The van der Waals surface area contributed by atoms with Gasteiger partial charge in [0, 0.05) is 19.0 Å². The molecule has 0 aromatic rings. The number of nitrogens with one attached hydrogen (secondary N) is 1. The number of amides is 3. The minimum Gasteiger partial charge on any atom is -0.353 e. The molecule has 3 fully saturated rings. The number of carbonyl (C=O) groups is 3. The minimum absolute atomic E-state index is 0.0484. The van der Waals surface area contributed by atoms with E-state index >= 15 is 0 Å². The van der Waals surface area contributed by atoms with Crippen molar-refractivity contribution in [2.45, 2.75) is 57.9 Å². The summed E-state index contributed by atoms with van der Waals surface area (Å²) in [5.74, 6) is 0.247. The average molecular weight is 292 g/mol. The lowest BCUT2D eigenvalue weighted by Crippen LogP contribution is -2.38. The number of hydrogen-bond acceptors (Lipinski definition) is 3. The molecule has 1 heterocycles. The van der Waals surface area contributed by atoms with Crippen molar-refractivity contribution in [3.63, 3.8) is 0 Å². The van der Waals surface area contributed by atoms with Crippen LogP contribution in [0.25, 0.3) is 0 Å². The van der Waals surface area contributed by atoms with Crippen molar-refractivity contribution in [1.29, 1.82) is 0 Å². The third kappa shape index (κ3) is 2.97. The molecule has 0 bridgehead atoms. The van der Waals surface area contributed by atoms with Crippen LogP contribution < -0.4 is 5.32 Å². The van der Waals surface area contributed by atoms with Gasteiger partial charge in [0.1, 0.15) is 0 Å². The Morgan fingerprint density at radius 3 is 2.24 bits per heavy atom. The number of carbonyl (C=O) groups excluding carboxylic acids is 3. The highest BCUT2D eigenvalue weighted by Gasteiger charge is 2.47. The van der Waals surface area contributed by atoms with Crippen LogP contribution in [0, 0.1) is 17.8 Å². The molecule has 21 heavy (non-hydrogen) atoms. The first-order valence-corrected chi connectivity index (χ1v) is 8.22. The Hall–Kier alpha value is -1.39. The van der Waals surface area contributed by atoms with E-state index in [1.807, 2.05) is 6.92 Å². The lowest BCUT2D eigenvalue weighted by Gasteiger charge is -2.19. The summed E-state index contributed by atoms with van der Waals surface area (Å²) in [4.78, 5) is 37.8. The molecule has 1 aliphatic heterocycles. The van der Waals surface area contributed by atoms with Crippen LogP contribution in [0.4, 0.5) is 0 Å². The normalized spacial score (nSPS) is 30.2. The van der Waals surface area contributed by atoms with Gasteiger partial charge in [0.05, 0.1) is 11.8 Å². The monoisotopic (exact) mass is 292 g/mol. The molecule has 0 spiro atoms. The molecule has 1 saturated heterocycles. The lowest BCUT2D eigenvalue weighted by molar-refractivity contribution is -0.140. The summed E-state index contributed by atoms with van der Waals surface area (Å²) in [6, 6.07) is 0.213. The zero-order valence-electron chi connectivity index (χ0n) is 12.6. The Kier molecular flexibility index (Phi) is 4.00. The maximum atomic E-state index is 12.3. The molecule has 0 aromatic heterocycles. The number of imide groups is 1. The van der Waals surface area contributed by atoms with Crippen molar-refractivity contribution in [2.24, 2.45) is 17.8 Å². The van der Waals surface area contributed by atoms with Crippen LogP contribution in [0.2, 0.25) is 0 Å². The van der Waals surface area contributed by atoms with E-state index in [-0.39, 0.29) is 48.6 Å². The standard InChI is InChI=1S/C16H24N2O3/c1-10(11-6-7-11)17-14(19)8-9-18-15(20)12-4-2-3-5-13(12)16(18)21/h10-13H,2-9H2,1H3,(H,17,19)/t10-,12+,13+/m0/s1. The van der Waals surface area contributed by atoms with E-state index < -0.39 is 0 Å². The maximum absolute atomic E-state index is 12.3. The first-order valence-electron chi connectivity index (χ1n) is 8.22. The molecule has 0 radical (unpaired) electrons.